The topological polar surface area (TPSA) is 29.1 Å². The molecule has 0 saturated carbocycles. The minimum Gasteiger partial charge on any atom is -0.325 e. The minimum absolute atomic E-state index is 0.00378. The van der Waals surface area contributed by atoms with Crippen LogP contribution in [0.15, 0.2) is 42.5 Å². The molecule has 0 saturated heterocycles. The van der Waals surface area contributed by atoms with Crippen molar-refractivity contribution in [3.05, 3.63) is 64.2 Å². The smallest absolute Gasteiger partial charge is 0.239 e. The zero-order chi connectivity index (χ0) is 14.3. The molecule has 0 fully saturated rings. The molecule has 2 atom stereocenters. The van der Waals surface area contributed by atoms with Crippen LogP contribution in [-0.2, 0) is 4.79 Å². The van der Waals surface area contributed by atoms with Crippen LogP contribution in [0, 0.1) is 6.92 Å². The first-order chi connectivity index (χ1) is 9.56. The first kappa shape index (κ1) is 13.7. The molecule has 0 bridgehead atoms. The van der Waals surface area contributed by atoms with E-state index in [4.69, 9.17) is 11.6 Å². The number of hydrogen-bond acceptors (Lipinski definition) is 1. The van der Waals surface area contributed by atoms with Gasteiger partial charge in [0.15, 0.2) is 0 Å². The van der Waals surface area contributed by atoms with Gasteiger partial charge >= 0.3 is 0 Å². The molecule has 102 valence electrons. The zero-order valence-corrected chi connectivity index (χ0v) is 13.2. The molecule has 4 heteroatoms. The van der Waals surface area contributed by atoms with Crippen LogP contribution in [0.3, 0.4) is 0 Å². The Bertz CT molecular complexity index is 669. The maximum absolute atomic E-state index is 12.1. The third-order valence-corrected chi connectivity index (χ3v) is 4.77. The number of fused-ring (bicyclic) bond motifs is 1. The van der Waals surface area contributed by atoms with Gasteiger partial charge in [-0.2, -0.15) is 0 Å². The molecule has 0 aliphatic carbocycles. The molecule has 3 rings (SSSR count). The van der Waals surface area contributed by atoms with Gasteiger partial charge in [-0.15, -0.1) is 0 Å². The van der Waals surface area contributed by atoms with Gasteiger partial charge in [0.25, 0.3) is 0 Å². The van der Waals surface area contributed by atoms with Crippen molar-refractivity contribution in [1.29, 1.82) is 0 Å². The van der Waals surface area contributed by atoms with Gasteiger partial charge in [-0.25, -0.2) is 0 Å². The standard InChI is InChI=1S/C16H13BrClNO/c1-9-2-7-13-12(8-9)14(15(17)16(20)19-13)10-3-5-11(18)6-4-10/h2-8,14-15H,1H3,(H,19,20). The molecule has 1 heterocycles. The van der Waals surface area contributed by atoms with E-state index in [1.807, 2.05) is 36.4 Å². The van der Waals surface area contributed by atoms with Crippen LogP contribution in [-0.4, -0.2) is 10.7 Å². The fourth-order valence-electron chi connectivity index (χ4n) is 2.58. The number of carbonyl (C=O) groups excluding carboxylic acids is 1. The van der Waals surface area contributed by atoms with E-state index in [1.165, 1.54) is 5.56 Å². The van der Waals surface area contributed by atoms with E-state index in [9.17, 15) is 4.79 Å². The monoisotopic (exact) mass is 349 g/mol. The maximum Gasteiger partial charge on any atom is 0.239 e. The summed E-state index contributed by atoms with van der Waals surface area (Å²) in [6.45, 7) is 2.05. The van der Waals surface area contributed by atoms with Crippen molar-refractivity contribution in [2.45, 2.75) is 17.7 Å². The number of benzene rings is 2. The van der Waals surface area contributed by atoms with E-state index < -0.39 is 0 Å². The second-order valence-corrected chi connectivity index (χ2v) is 6.43. The first-order valence-corrected chi connectivity index (χ1v) is 7.66. The molecule has 1 amide bonds. The lowest BCUT2D eigenvalue weighted by molar-refractivity contribution is -0.116. The highest BCUT2D eigenvalue weighted by Crippen LogP contribution is 2.40. The van der Waals surface area contributed by atoms with Gasteiger partial charge in [0.05, 0.1) is 0 Å². The summed E-state index contributed by atoms with van der Waals surface area (Å²) in [5.41, 5.74) is 4.28. The van der Waals surface area contributed by atoms with Gasteiger partial charge in [0.1, 0.15) is 4.83 Å². The Balaban J connectivity index is 2.15. The Hall–Kier alpha value is -1.32. The van der Waals surface area contributed by atoms with Crippen molar-refractivity contribution >= 4 is 39.1 Å². The summed E-state index contributed by atoms with van der Waals surface area (Å²) in [5, 5.41) is 3.63. The Labute approximate surface area is 131 Å². The molecule has 2 aromatic carbocycles. The highest BCUT2D eigenvalue weighted by atomic mass is 79.9. The molecular formula is C16H13BrClNO. The Kier molecular flexibility index (Phi) is 3.57. The molecule has 0 aromatic heterocycles. The molecular weight excluding hydrogens is 338 g/mol. The molecule has 1 aliphatic rings. The number of nitrogens with one attached hydrogen (secondary N) is 1. The summed E-state index contributed by atoms with van der Waals surface area (Å²) in [6.07, 6.45) is 0. The second-order valence-electron chi connectivity index (χ2n) is 5.01. The van der Waals surface area contributed by atoms with Crippen molar-refractivity contribution < 1.29 is 4.79 Å². The Morgan fingerprint density at radius 2 is 1.85 bits per heavy atom. The highest BCUT2D eigenvalue weighted by Gasteiger charge is 2.34. The molecule has 2 nitrogen and oxygen atoms in total. The third-order valence-electron chi connectivity index (χ3n) is 3.57. The SMILES string of the molecule is Cc1ccc2c(c1)C(c1ccc(Cl)cc1)C(Br)C(=O)N2. The lowest BCUT2D eigenvalue weighted by Crippen LogP contribution is -2.34. The molecule has 0 spiro atoms. The molecule has 1 aliphatic heterocycles. The number of hydrogen-bond donors (Lipinski definition) is 1. The molecule has 2 aromatic rings. The van der Waals surface area contributed by atoms with Crippen LogP contribution in [0.4, 0.5) is 5.69 Å². The van der Waals surface area contributed by atoms with Gasteiger partial charge in [-0.05, 0) is 36.2 Å². The third kappa shape index (κ3) is 2.36. The highest BCUT2D eigenvalue weighted by molar-refractivity contribution is 9.10. The fourth-order valence-corrected chi connectivity index (χ4v) is 3.41. The van der Waals surface area contributed by atoms with Crippen LogP contribution < -0.4 is 5.32 Å². The van der Waals surface area contributed by atoms with Crippen molar-refractivity contribution in [2.24, 2.45) is 0 Å². The maximum atomic E-state index is 12.1. The van der Waals surface area contributed by atoms with E-state index in [0.717, 1.165) is 16.8 Å². The molecule has 0 radical (unpaired) electrons. The van der Waals surface area contributed by atoms with Crippen LogP contribution in [0.25, 0.3) is 0 Å². The number of carbonyl (C=O) groups is 1. The van der Waals surface area contributed by atoms with Crippen molar-refractivity contribution in [3.8, 4) is 0 Å². The van der Waals surface area contributed by atoms with E-state index in [-0.39, 0.29) is 16.7 Å². The van der Waals surface area contributed by atoms with Crippen LogP contribution >= 0.6 is 27.5 Å². The summed E-state index contributed by atoms with van der Waals surface area (Å²) < 4.78 is 0. The van der Waals surface area contributed by atoms with Gasteiger partial charge in [0.2, 0.25) is 5.91 Å². The number of rotatable bonds is 1. The van der Waals surface area contributed by atoms with E-state index in [0.29, 0.717) is 5.02 Å². The lowest BCUT2D eigenvalue weighted by Gasteiger charge is -2.30. The lowest BCUT2D eigenvalue weighted by atomic mass is 9.84. The predicted octanol–water partition coefficient (Wildman–Crippen LogP) is 4.50. The van der Waals surface area contributed by atoms with E-state index in [1.54, 1.807) is 0 Å². The Morgan fingerprint density at radius 1 is 1.15 bits per heavy atom. The van der Waals surface area contributed by atoms with Gasteiger partial charge < -0.3 is 5.32 Å². The average molecular weight is 351 g/mol. The molecule has 1 N–H and O–H groups in total. The fraction of sp³-hybridized carbons (Fsp3) is 0.188. The van der Waals surface area contributed by atoms with Crippen LogP contribution in [0.2, 0.25) is 5.02 Å². The quantitative estimate of drug-likeness (QED) is 0.754. The summed E-state index contributed by atoms with van der Waals surface area (Å²) in [6, 6.07) is 13.8. The van der Waals surface area contributed by atoms with Crippen LogP contribution in [0.5, 0.6) is 0 Å². The molecule has 2 unspecified atom stereocenters. The van der Waals surface area contributed by atoms with Gasteiger partial charge in [0, 0.05) is 16.6 Å². The van der Waals surface area contributed by atoms with Crippen molar-refractivity contribution in [2.75, 3.05) is 5.32 Å². The van der Waals surface area contributed by atoms with Crippen molar-refractivity contribution in [1.82, 2.24) is 0 Å². The van der Waals surface area contributed by atoms with E-state index in [2.05, 4.69) is 34.2 Å². The first-order valence-electron chi connectivity index (χ1n) is 6.37. The molecule has 20 heavy (non-hydrogen) atoms. The minimum atomic E-state index is -0.280. The number of alkyl halides is 1. The number of aryl methyl sites for hydroxylation is 1. The second kappa shape index (κ2) is 5.23. The normalized spacial score (nSPS) is 21.2. The average Bonchev–Trinajstić information content (AvgIpc) is 2.42. The summed E-state index contributed by atoms with van der Waals surface area (Å²) in [4.78, 5) is 11.8. The summed E-state index contributed by atoms with van der Waals surface area (Å²) in [5.74, 6) is -0.0165. The summed E-state index contributed by atoms with van der Waals surface area (Å²) >= 11 is 9.47. The van der Waals surface area contributed by atoms with E-state index >= 15 is 0 Å². The number of halogens is 2. The Morgan fingerprint density at radius 3 is 2.55 bits per heavy atom. The predicted molar refractivity (Wildman–Crippen MR) is 85.8 cm³/mol. The zero-order valence-electron chi connectivity index (χ0n) is 10.9. The van der Waals surface area contributed by atoms with Crippen LogP contribution in [0.1, 0.15) is 22.6 Å². The number of anilines is 1. The number of amides is 1. The van der Waals surface area contributed by atoms with Gasteiger partial charge in [-0.3, -0.25) is 4.79 Å². The van der Waals surface area contributed by atoms with Gasteiger partial charge in [-0.1, -0.05) is 57.4 Å². The summed E-state index contributed by atoms with van der Waals surface area (Å²) in [7, 11) is 0. The van der Waals surface area contributed by atoms with Crippen molar-refractivity contribution in [3.63, 3.8) is 0 Å². The largest absolute Gasteiger partial charge is 0.325 e.